The van der Waals surface area contributed by atoms with Crippen LogP contribution in [-0.4, -0.2) is 12.2 Å². The van der Waals surface area contributed by atoms with Crippen molar-refractivity contribution in [3.05, 3.63) is 12.7 Å². The van der Waals surface area contributed by atoms with E-state index in [0.29, 0.717) is 12.5 Å². The van der Waals surface area contributed by atoms with Crippen molar-refractivity contribution >= 4 is 0 Å². The average molecular weight is 184 g/mol. The van der Waals surface area contributed by atoms with Gasteiger partial charge in [0.05, 0.1) is 12.2 Å². The van der Waals surface area contributed by atoms with Crippen LogP contribution in [0.4, 0.5) is 0 Å². The maximum atomic E-state index is 5.87. The Morgan fingerprint density at radius 1 is 1.31 bits per heavy atom. The molecule has 0 radical (unpaired) electrons. The van der Waals surface area contributed by atoms with Crippen LogP contribution in [0.2, 0.25) is 0 Å². The first-order chi connectivity index (χ1) is 6.10. The third kappa shape index (κ3) is 4.47. The Balaban J connectivity index is 4.20. The summed E-state index contributed by atoms with van der Waals surface area (Å²) in [7, 11) is 0. The molecule has 0 aliphatic carbocycles. The number of hydrogen-bond donors (Lipinski definition) is 0. The van der Waals surface area contributed by atoms with E-state index in [9.17, 15) is 0 Å². The van der Waals surface area contributed by atoms with Crippen molar-refractivity contribution < 1.29 is 4.74 Å². The second kappa shape index (κ2) is 6.20. The highest BCUT2D eigenvalue weighted by molar-refractivity contribution is 4.81. The van der Waals surface area contributed by atoms with Crippen LogP contribution >= 0.6 is 0 Å². The highest BCUT2D eigenvalue weighted by Crippen LogP contribution is 2.28. The summed E-state index contributed by atoms with van der Waals surface area (Å²) in [5.74, 6) is 0.699. The molecule has 0 aromatic carbocycles. The van der Waals surface area contributed by atoms with Crippen LogP contribution < -0.4 is 0 Å². The van der Waals surface area contributed by atoms with Gasteiger partial charge in [-0.15, -0.1) is 6.58 Å². The van der Waals surface area contributed by atoms with E-state index >= 15 is 0 Å². The van der Waals surface area contributed by atoms with E-state index in [0.717, 1.165) is 19.3 Å². The lowest BCUT2D eigenvalue weighted by molar-refractivity contribution is -0.0515. The van der Waals surface area contributed by atoms with Crippen LogP contribution in [0.5, 0.6) is 0 Å². The molecule has 0 atom stereocenters. The monoisotopic (exact) mass is 184 g/mol. The molecule has 0 N–H and O–H groups in total. The van der Waals surface area contributed by atoms with Gasteiger partial charge in [0.25, 0.3) is 0 Å². The maximum absolute atomic E-state index is 5.87. The highest BCUT2D eigenvalue weighted by atomic mass is 16.5. The van der Waals surface area contributed by atoms with Gasteiger partial charge in [0.1, 0.15) is 0 Å². The Hall–Kier alpha value is -0.300. The quantitative estimate of drug-likeness (QED) is 0.547. The Morgan fingerprint density at radius 3 is 2.15 bits per heavy atom. The van der Waals surface area contributed by atoms with E-state index in [1.165, 1.54) is 0 Å². The van der Waals surface area contributed by atoms with Crippen molar-refractivity contribution in [3.63, 3.8) is 0 Å². The Morgan fingerprint density at radius 2 is 1.85 bits per heavy atom. The van der Waals surface area contributed by atoms with Crippen LogP contribution in [0.15, 0.2) is 12.7 Å². The topological polar surface area (TPSA) is 9.23 Å². The van der Waals surface area contributed by atoms with Crippen molar-refractivity contribution in [2.24, 2.45) is 5.92 Å². The van der Waals surface area contributed by atoms with E-state index in [1.54, 1.807) is 0 Å². The largest absolute Gasteiger partial charge is 0.371 e. The zero-order valence-electron chi connectivity index (χ0n) is 9.60. The second-order valence-electron chi connectivity index (χ2n) is 4.09. The summed E-state index contributed by atoms with van der Waals surface area (Å²) < 4.78 is 5.87. The minimum atomic E-state index is 0.0857. The summed E-state index contributed by atoms with van der Waals surface area (Å²) in [4.78, 5) is 0. The number of rotatable bonds is 7. The van der Waals surface area contributed by atoms with Gasteiger partial charge in [0.2, 0.25) is 0 Å². The second-order valence-corrected chi connectivity index (χ2v) is 4.09. The Bertz CT molecular complexity index is 134. The van der Waals surface area contributed by atoms with Gasteiger partial charge in [-0.1, -0.05) is 33.8 Å². The summed E-state index contributed by atoms with van der Waals surface area (Å²) >= 11 is 0. The predicted molar refractivity (Wildman–Crippen MR) is 58.9 cm³/mol. The van der Waals surface area contributed by atoms with E-state index in [-0.39, 0.29) is 5.60 Å². The first-order valence-electron chi connectivity index (χ1n) is 5.35. The molecule has 0 saturated carbocycles. The molecule has 0 heterocycles. The van der Waals surface area contributed by atoms with Crippen LogP contribution in [0.25, 0.3) is 0 Å². The fourth-order valence-electron chi connectivity index (χ4n) is 1.78. The van der Waals surface area contributed by atoms with Gasteiger partial charge in [-0.05, 0) is 25.2 Å². The standard InChI is InChI=1S/C12H24O/c1-6-9-13-12(7-2,8-3)10-11(4)5/h6,11H,1,7-10H2,2-5H3. The molecule has 0 rings (SSSR count). The molecule has 0 aromatic heterocycles. The summed E-state index contributed by atoms with van der Waals surface area (Å²) in [5, 5.41) is 0. The van der Waals surface area contributed by atoms with Crippen LogP contribution in [-0.2, 0) is 4.74 Å². The first kappa shape index (κ1) is 12.7. The van der Waals surface area contributed by atoms with Gasteiger partial charge in [-0.2, -0.15) is 0 Å². The lowest BCUT2D eigenvalue weighted by atomic mass is 9.87. The fraction of sp³-hybridized carbons (Fsp3) is 0.833. The molecule has 1 nitrogen and oxygen atoms in total. The van der Waals surface area contributed by atoms with E-state index in [4.69, 9.17) is 4.74 Å². The lowest BCUT2D eigenvalue weighted by Crippen LogP contribution is -2.32. The van der Waals surface area contributed by atoms with Crippen molar-refractivity contribution in [1.82, 2.24) is 0 Å². The number of hydrogen-bond acceptors (Lipinski definition) is 1. The SMILES string of the molecule is C=CCOC(CC)(CC)CC(C)C. The normalized spacial score (nSPS) is 12.1. The Kier molecular flexibility index (Phi) is 6.06. The highest BCUT2D eigenvalue weighted by Gasteiger charge is 2.27. The predicted octanol–water partition coefficient (Wildman–Crippen LogP) is 3.79. The van der Waals surface area contributed by atoms with Crippen LogP contribution in [0.3, 0.4) is 0 Å². The molecule has 0 amide bonds. The van der Waals surface area contributed by atoms with E-state index in [2.05, 4.69) is 34.3 Å². The van der Waals surface area contributed by atoms with Crippen molar-refractivity contribution in [3.8, 4) is 0 Å². The molecule has 13 heavy (non-hydrogen) atoms. The first-order valence-corrected chi connectivity index (χ1v) is 5.35. The third-order valence-corrected chi connectivity index (χ3v) is 2.58. The zero-order valence-corrected chi connectivity index (χ0v) is 9.60. The van der Waals surface area contributed by atoms with Crippen LogP contribution in [0, 0.1) is 5.92 Å². The summed E-state index contributed by atoms with van der Waals surface area (Å²) in [6.45, 7) is 13.3. The van der Waals surface area contributed by atoms with Gasteiger partial charge in [-0.3, -0.25) is 0 Å². The third-order valence-electron chi connectivity index (χ3n) is 2.58. The molecule has 0 spiro atoms. The maximum Gasteiger partial charge on any atom is 0.0684 e. The van der Waals surface area contributed by atoms with Crippen LogP contribution in [0.1, 0.15) is 47.0 Å². The Labute approximate surface area is 83.2 Å². The average Bonchev–Trinajstić information content (AvgIpc) is 2.12. The molecular formula is C12H24O. The molecule has 1 heteroatoms. The lowest BCUT2D eigenvalue weighted by Gasteiger charge is -2.33. The van der Waals surface area contributed by atoms with Crippen molar-refractivity contribution in [2.45, 2.75) is 52.6 Å². The summed E-state index contributed by atoms with van der Waals surface area (Å²) in [5.41, 5.74) is 0.0857. The molecule has 0 fully saturated rings. The van der Waals surface area contributed by atoms with Gasteiger partial charge in [0, 0.05) is 0 Å². The minimum Gasteiger partial charge on any atom is -0.371 e. The molecule has 0 saturated heterocycles. The molecule has 0 aliphatic rings. The molecule has 78 valence electrons. The smallest absolute Gasteiger partial charge is 0.0684 e. The molecule has 0 aliphatic heterocycles. The summed E-state index contributed by atoms with van der Waals surface area (Å²) in [6, 6.07) is 0. The van der Waals surface area contributed by atoms with Gasteiger partial charge < -0.3 is 4.74 Å². The molecular weight excluding hydrogens is 160 g/mol. The molecule has 0 unspecified atom stereocenters. The van der Waals surface area contributed by atoms with Crippen molar-refractivity contribution in [1.29, 1.82) is 0 Å². The van der Waals surface area contributed by atoms with Gasteiger partial charge in [0.15, 0.2) is 0 Å². The number of ether oxygens (including phenoxy) is 1. The zero-order chi connectivity index (χ0) is 10.3. The minimum absolute atomic E-state index is 0.0857. The van der Waals surface area contributed by atoms with Gasteiger partial charge in [-0.25, -0.2) is 0 Å². The van der Waals surface area contributed by atoms with Crippen molar-refractivity contribution in [2.75, 3.05) is 6.61 Å². The summed E-state index contributed by atoms with van der Waals surface area (Å²) in [6.07, 6.45) is 5.17. The van der Waals surface area contributed by atoms with E-state index in [1.807, 2.05) is 6.08 Å². The molecule has 0 aromatic rings. The van der Waals surface area contributed by atoms with Gasteiger partial charge >= 0.3 is 0 Å². The molecule has 0 bridgehead atoms. The van der Waals surface area contributed by atoms with E-state index < -0.39 is 0 Å². The fourth-order valence-corrected chi connectivity index (χ4v) is 1.78.